The van der Waals surface area contributed by atoms with Crippen molar-refractivity contribution in [1.82, 2.24) is 5.32 Å². The molecule has 0 atom stereocenters. The van der Waals surface area contributed by atoms with Gasteiger partial charge in [0.15, 0.2) is 0 Å². The largest absolute Gasteiger partial charge is 0.496 e. The Bertz CT molecular complexity index is 502. The Morgan fingerprint density at radius 3 is 2.74 bits per heavy atom. The lowest BCUT2D eigenvalue weighted by atomic mass is 10.1. The highest BCUT2D eigenvalue weighted by molar-refractivity contribution is 7.85. The van der Waals surface area contributed by atoms with Gasteiger partial charge in [-0.1, -0.05) is 6.07 Å². The minimum atomic E-state index is -3.85. The number of nitrogens with one attached hydrogen (secondary N) is 1. The first kappa shape index (κ1) is 15.7. The summed E-state index contributed by atoms with van der Waals surface area (Å²) >= 11 is 0. The number of hydrogen-bond acceptors (Lipinski definition) is 5. The van der Waals surface area contributed by atoms with Gasteiger partial charge in [0.25, 0.3) is 10.1 Å². The van der Waals surface area contributed by atoms with E-state index in [4.69, 9.17) is 15.0 Å². The van der Waals surface area contributed by atoms with Crippen molar-refractivity contribution < 1.29 is 17.7 Å². The van der Waals surface area contributed by atoms with E-state index in [1.165, 1.54) is 0 Å². The van der Waals surface area contributed by atoms with Crippen LogP contribution in [0.15, 0.2) is 18.2 Å². The summed E-state index contributed by atoms with van der Waals surface area (Å²) in [4.78, 5) is 0. The molecular weight excluding hydrogens is 268 g/mol. The van der Waals surface area contributed by atoms with Gasteiger partial charge in [-0.05, 0) is 37.6 Å². The molecule has 0 saturated heterocycles. The van der Waals surface area contributed by atoms with Crippen molar-refractivity contribution in [3.05, 3.63) is 23.8 Å². The van der Waals surface area contributed by atoms with Gasteiger partial charge in [-0.2, -0.15) is 8.42 Å². The highest BCUT2D eigenvalue weighted by Crippen LogP contribution is 2.21. The highest BCUT2D eigenvalue weighted by atomic mass is 32.2. The molecule has 0 aliphatic rings. The smallest absolute Gasteiger partial charge is 0.264 e. The minimum Gasteiger partial charge on any atom is -0.496 e. The Hall–Kier alpha value is -1.31. The summed E-state index contributed by atoms with van der Waals surface area (Å²) in [6.45, 7) is 1.24. The summed E-state index contributed by atoms with van der Waals surface area (Å²) in [7, 11) is -2.26. The van der Waals surface area contributed by atoms with Crippen molar-refractivity contribution in [2.24, 2.45) is 0 Å². The third kappa shape index (κ3) is 6.42. The van der Waals surface area contributed by atoms with Crippen LogP contribution < -0.4 is 15.8 Å². The van der Waals surface area contributed by atoms with Crippen LogP contribution in [0, 0.1) is 0 Å². The zero-order chi connectivity index (χ0) is 14.3. The topological polar surface area (TPSA) is 102 Å². The number of benzene rings is 1. The Morgan fingerprint density at radius 2 is 2.11 bits per heavy atom. The first-order chi connectivity index (χ1) is 8.92. The SMILES string of the molecule is COc1cc(N)ccc1CCNCCCS(=O)(=O)O. The lowest BCUT2D eigenvalue weighted by Crippen LogP contribution is -2.21. The second-order valence-electron chi connectivity index (χ2n) is 4.21. The second kappa shape index (κ2) is 7.32. The second-order valence-corrected chi connectivity index (χ2v) is 5.78. The third-order valence-corrected chi connectivity index (χ3v) is 3.44. The molecule has 1 aromatic rings. The van der Waals surface area contributed by atoms with Gasteiger partial charge in [0.2, 0.25) is 0 Å². The molecule has 0 aliphatic heterocycles. The zero-order valence-corrected chi connectivity index (χ0v) is 11.7. The molecule has 0 saturated carbocycles. The molecule has 0 heterocycles. The maximum atomic E-state index is 10.5. The number of rotatable bonds is 8. The first-order valence-corrected chi connectivity index (χ1v) is 7.61. The van der Waals surface area contributed by atoms with Gasteiger partial charge in [0, 0.05) is 11.8 Å². The number of anilines is 1. The van der Waals surface area contributed by atoms with E-state index in [2.05, 4.69) is 5.32 Å². The molecule has 0 bridgehead atoms. The van der Waals surface area contributed by atoms with Crippen molar-refractivity contribution in [3.63, 3.8) is 0 Å². The minimum absolute atomic E-state index is 0.217. The van der Waals surface area contributed by atoms with Crippen molar-refractivity contribution in [1.29, 1.82) is 0 Å². The average molecular weight is 288 g/mol. The van der Waals surface area contributed by atoms with Gasteiger partial charge < -0.3 is 15.8 Å². The van der Waals surface area contributed by atoms with Gasteiger partial charge in [0.05, 0.1) is 12.9 Å². The fourth-order valence-corrected chi connectivity index (χ4v) is 2.20. The molecule has 7 heteroatoms. The number of ether oxygens (including phenoxy) is 1. The predicted molar refractivity (Wildman–Crippen MR) is 75.0 cm³/mol. The summed E-state index contributed by atoms with van der Waals surface area (Å²) < 4.78 is 34.8. The fourth-order valence-electron chi connectivity index (χ4n) is 1.70. The molecule has 0 unspecified atom stereocenters. The Balaban J connectivity index is 2.30. The van der Waals surface area contributed by atoms with Crippen molar-refractivity contribution in [2.75, 3.05) is 31.7 Å². The summed E-state index contributed by atoms with van der Waals surface area (Å²) in [5.41, 5.74) is 7.36. The molecule has 1 rings (SSSR count). The van der Waals surface area contributed by atoms with E-state index in [0.717, 1.165) is 17.7 Å². The third-order valence-electron chi connectivity index (χ3n) is 2.64. The van der Waals surface area contributed by atoms with Crippen LogP contribution in [0.1, 0.15) is 12.0 Å². The predicted octanol–water partition coefficient (Wildman–Crippen LogP) is 0.687. The molecular formula is C12H20N2O4S. The average Bonchev–Trinajstić information content (AvgIpc) is 2.33. The van der Waals surface area contributed by atoms with Gasteiger partial charge in [-0.3, -0.25) is 4.55 Å². The van der Waals surface area contributed by atoms with Crippen LogP contribution in [0.3, 0.4) is 0 Å². The van der Waals surface area contributed by atoms with E-state index in [1.54, 1.807) is 13.2 Å². The maximum absolute atomic E-state index is 10.5. The van der Waals surface area contributed by atoms with E-state index in [-0.39, 0.29) is 5.75 Å². The molecule has 6 nitrogen and oxygen atoms in total. The van der Waals surface area contributed by atoms with Crippen LogP contribution in [0.25, 0.3) is 0 Å². The number of nitrogen functional groups attached to an aromatic ring is 1. The molecule has 0 radical (unpaired) electrons. The van der Waals surface area contributed by atoms with Gasteiger partial charge in [-0.15, -0.1) is 0 Å². The van der Waals surface area contributed by atoms with Crippen molar-refractivity contribution in [2.45, 2.75) is 12.8 Å². The summed E-state index contributed by atoms with van der Waals surface area (Å²) in [6.07, 6.45) is 1.15. The van der Waals surface area contributed by atoms with Crippen molar-refractivity contribution in [3.8, 4) is 5.75 Å². The van der Waals surface area contributed by atoms with E-state index in [0.29, 0.717) is 25.2 Å². The molecule has 19 heavy (non-hydrogen) atoms. The van der Waals surface area contributed by atoms with Gasteiger partial charge in [0.1, 0.15) is 5.75 Å². The van der Waals surface area contributed by atoms with E-state index in [9.17, 15) is 8.42 Å². The molecule has 0 fully saturated rings. The monoisotopic (exact) mass is 288 g/mol. The molecule has 0 aromatic heterocycles. The van der Waals surface area contributed by atoms with Crippen LogP contribution in [-0.4, -0.2) is 38.9 Å². The zero-order valence-electron chi connectivity index (χ0n) is 10.9. The van der Waals surface area contributed by atoms with E-state index < -0.39 is 10.1 Å². The van der Waals surface area contributed by atoms with Crippen LogP contribution in [0.2, 0.25) is 0 Å². The Kier molecular flexibility index (Phi) is 6.07. The van der Waals surface area contributed by atoms with Crippen LogP contribution in [0.5, 0.6) is 5.75 Å². The number of nitrogens with two attached hydrogens (primary N) is 1. The summed E-state index contributed by atoms with van der Waals surface area (Å²) in [5.74, 6) is 0.533. The van der Waals surface area contributed by atoms with E-state index >= 15 is 0 Å². The Labute approximate surface area is 113 Å². The fraction of sp³-hybridized carbons (Fsp3) is 0.500. The molecule has 1 aromatic carbocycles. The number of methoxy groups -OCH3 is 1. The van der Waals surface area contributed by atoms with Crippen LogP contribution >= 0.6 is 0 Å². The van der Waals surface area contributed by atoms with Crippen molar-refractivity contribution >= 4 is 15.8 Å². The highest BCUT2D eigenvalue weighted by Gasteiger charge is 2.04. The Morgan fingerprint density at radius 1 is 1.37 bits per heavy atom. The van der Waals surface area contributed by atoms with Gasteiger partial charge in [-0.25, -0.2) is 0 Å². The molecule has 0 amide bonds. The van der Waals surface area contributed by atoms with Gasteiger partial charge >= 0.3 is 0 Å². The number of hydrogen-bond donors (Lipinski definition) is 3. The molecule has 0 aliphatic carbocycles. The normalized spacial score (nSPS) is 11.5. The van der Waals surface area contributed by atoms with E-state index in [1.807, 2.05) is 12.1 Å². The first-order valence-electron chi connectivity index (χ1n) is 6.00. The van der Waals surface area contributed by atoms with Crippen LogP contribution in [-0.2, 0) is 16.5 Å². The quantitative estimate of drug-likeness (QED) is 0.369. The lowest BCUT2D eigenvalue weighted by Gasteiger charge is -2.10. The standard InChI is InChI=1S/C12H20N2O4S/c1-18-12-9-11(13)4-3-10(12)5-7-14-6-2-8-19(15,16)17/h3-4,9,14H,2,5-8,13H2,1H3,(H,15,16,17). The lowest BCUT2D eigenvalue weighted by molar-refractivity contribution is 0.409. The molecule has 0 spiro atoms. The summed E-state index contributed by atoms with van der Waals surface area (Å²) in [5, 5.41) is 3.11. The van der Waals surface area contributed by atoms with Crippen LogP contribution in [0.4, 0.5) is 5.69 Å². The maximum Gasteiger partial charge on any atom is 0.264 e. The molecule has 4 N–H and O–H groups in total. The molecule has 108 valence electrons. The summed E-state index contributed by atoms with van der Waals surface area (Å²) in [6, 6.07) is 5.50.